The molecule has 0 bridgehead atoms. The van der Waals surface area contributed by atoms with Gasteiger partial charge in [-0.25, -0.2) is 0 Å². The highest BCUT2D eigenvalue weighted by Gasteiger charge is 2.25. The van der Waals surface area contributed by atoms with E-state index in [1.807, 2.05) is 6.92 Å². The lowest BCUT2D eigenvalue weighted by molar-refractivity contribution is 0.227. The molecular weight excluding hydrogens is 236 g/mol. The van der Waals surface area contributed by atoms with Crippen LogP contribution in [-0.4, -0.2) is 31.1 Å². The van der Waals surface area contributed by atoms with Crippen LogP contribution in [-0.2, 0) is 0 Å². The number of likely N-dealkylation sites (tertiary alicyclic amines) is 1. The molecule has 1 aromatic carbocycles. The van der Waals surface area contributed by atoms with Gasteiger partial charge < -0.3 is 10.5 Å². The van der Waals surface area contributed by atoms with Gasteiger partial charge in [-0.1, -0.05) is 17.7 Å². The normalized spacial score (nSPS) is 17.6. The number of benzene rings is 1. The summed E-state index contributed by atoms with van der Waals surface area (Å²) < 4.78 is 5.81. The molecule has 0 amide bonds. The summed E-state index contributed by atoms with van der Waals surface area (Å²) in [6, 6.07) is 6.91. The minimum atomic E-state index is 0.411. The molecule has 0 aromatic heterocycles. The number of nitrogens with zero attached hydrogens (tertiary/aromatic N) is 1. The van der Waals surface area contributed by atoms with Crippen LogP contribution < -0.4 is 10.5 Å². The van der Waals surface area contributed by atoms with Crippen molar-refractivity contribution in [2.24, 2.45) is 5.73 Å². The Balaban J connectivity index is 2.30. The number of hydrogen-bond acceptors (Lipinski definition) is 3. The Morgan fingerprint density at radius 3 is 2.68 bits per heavy atom. The topological polar surface area (TPSA) is 38.5 Å². The van der Waals surface area contributed by atoms with Crippen LogP contribution in [0.4, 0.5) is 0 Å². The lowest BCUT2D eigenvalue weighted by Crippen LogP contribution is -2.28. The average molecular weight is 262 g/mol. The molecule has 1 unspecified atom stereocenters. The van der Waals surface area contributed by atoms with E-state index in [2.05, 4.69) is 30.0 Å². The van der Waals surface area contributed by atoms with Crippen LogP contribution >= 0.6 is 0 Å². The average Bonchev–Trinajstić information content (AvgIpc) is 2.92. The number of aryl methyl sites for hydroxylation is 1. The molecule has 3 nitrogen and oxygen atoms in total. The van der Waals surface area contributed by atoms with Gasteiger partial charge in [0.2, 0.25) is 0 Å². The fourth-order valence-electron chi connectivity index (χ4n) is 2.96. The van der Waals surface area contributed by atoms with Crippen molar-refractivity contribution in [1.82, 2.24) is 4.90 Å². The van der Waals surface area contributed by atoms with E-state index in [0.717, 1.165) is 18.7 Å². The van der Waals surface area contributed by atoms with E-state index in [9.17, 15) is 0 Å². The third kappa shape index (κ3) is 3.48. The van der Waals surface area contributed by atoms with Gasteiger partial charge in [0.25, 0.3) is 0 Å². The maximum absolute atomic E-state index is 5.83. The lowest BCUT2D eigenvalue weighted by atomic mass is 9.99. The van der Waals surface area contributed by atoms with Gasteiger partial charge in [-0.05, 0) is 58.8 Å². The Bertz CT molecular complexity index is 400. The van der Waals surface area contributed by atoms with Gasteiger partial charge in [0.1, 0.15) is 5.75 Å². The molecule has 1 saturated heterocycles. The van der Waals surface area contributed by atoms with Crippen LogP contribution in [0.2, 0.25) is 0 Å². The molecule has 0 spiro atoms. The zero-order chi connectivity index (χ0) is 13.7. The monoisotopic (exact) mass is 262 g/mol. The summed E-state index contributed by atoms with van der Waals surface area (Å²) in [5, 5.41) is 0. The molecule has 19 heavy (non-hydrogen) atoms. The minimum Gasteiger partial charge on any atom is -0.494 e. The summed E-state index contributed by atoms with van der Waals surface area (Å²) in [6.45, 7) is 7.99. The van der Waals surface area contributed by atoms with Gasteiger partial charge in [-0.2, -0.15) is 0 Å². The zero-order valence-corrected chi connectivity index (χ0v) is 12.2. The fraction of sp³-hybridized carbons (Fsp3) is 0.625. The van der Waals surface area contributed by atoms with Gasteiger partial charge in [-0.3, -0.25) is 4.90 Å². The minimum absolute atomic E-state index is 0.411. The van der Waals surface area contributed by atoms with Crippen molar-refractivity contribution in [1.29, 1.82) is 0 Å². The highest BCUT2D eigenvalue weighted by molar-refractivity contribution is 5.39. The Morgan fingerprint density at radius 2 is 2.05 bits per heavy atom. The number of rotatable bonds is 6. The second kappa shape index (κ2) is 6.92. The second-order valence-corrected chi connectivity index (χ2v) is 5.31. The Kier molecular flexibility index (Phi) is 5.23. The molecule has 0 radical (unpaired) electrons. The predicted molar refractivity (Wildman–Crippen MR) is 79.6 cm³/mol. The molecule has 0 saturated carbocycles. The van der Waals surface area contributed by atoms with Crippen LogP contribution in [0, 0.1) is 6.92 Å². The third-order valence-corrected chi connectivity index (χ3v) is 3.85. The first-order valence-electron chi connectivity index (χ1n) is 7.43. The molecule has 1 heterocycles. The summed E-state index contributed by atoms with van der Waals surface area (Å²) in [6.07, 6.45) is 3.61. The standard InChI is InChI=1S/C16H26N2O/c1-3-19-16-7-6-13(2)12-14(16)15(8-9-17)18-10-4-5-11-18/h6-7,12,15H,3-5,8-11,17H2,1-2H3. The molecule has 106 valence electrons. The van der Waals surface area contributed by atoms with Crippen LogP contribution in [0.25, 0.3) is 0 Å². The summed E-state index contributed by atoms with van der Waals surface area (Å²) in [4.78, 5) is 2.56. The van der Waals surface area contributed by atoms with E-state index >= 15 is 0 Å². The molecule has 2 N–H and O–H groups in total. The van der Waals surface area contributed by atoms with Crippen LogP contribution in [0.3, 0.4) is 0 Å². The van der Waals surface area contributed by atoms with E-state index < -0.39 is 0 Å². The molecule has 1 aromatic rings. The van der Waals surface area contributed by atoms with Crippen molar-refractivity contribution in [3.8, 4) is 5.75 Å². The van der Waals surface area contributed by atoms with Crippen molar-refractivity contribution in [3.63, 3.8) is 0 Å². The van der Waals surface area contributed by atoms with Crippen LogP contribution in [0.5, 0.6) is 5.75 Å². The van der Waals surface area contributed by atoms with Crippen molar-refractivity contribution < 1.29 is 4.74 Å². The molecule has 0 aliphatic carbocycles. The van der Waals surface area contributed by atoms with Crippen LogP contribution in [0.1, 0.15) is 43.4 Å². The van der Waals surface area contributed by atoms with Gasteiger partial charge in [0.05, 0.1) is 6.61 Å². The Hall–Kier alpha value is -1.06. The first-order chi connectivity index (χ1) is 9.26. The van der Waals surface area contributed by atoms with Crippen LogP contribution in [0.15, 0.2) is 18.2 Å². The maximum atomic E-state index is 5.83. The SMILES string of the molecule is CCOc1ccc(C)cc1C(CCN)N1CCCC1. The van der Waals surface area contributed by atoms with Crippen molar-refractivity contribution >= 4 is 0 Å². The maximum Gasteiger partial charge on any atom is 0.124 e. The number of hydrogen-bond donors (Lipinski definition) is 1. The molecule has 3 heteroatoms. The third-order valence-electron chi connectivity index (χ3n) is 3.85. The molecule has 1 fully saturated rings. The zero-order valence-electron chi connectivity index (χ0n) is 12.2. The molecular formula is C16H26N2O. The highest BCUT2D eigenvalue weighted by Crippen LogP contribution is 2.34. The first-order valence-corrected chi connectivity index (χ1v) is 7.43. The fourth-order valence-corrected chi connectivity index (χ4v) is 2.96. The summed E-state index contributed by atoms with van der Waals surface area (Å²) in [5.41, 5.74) is 8.43. The molecule has 2 rings (SSSR count). The van der Waals surface area contributed by atoms with Crippen molar-refractivity contribution in [2.45, 2.75) is 39.2 Å². The van der Waals surface area contributed by atoms with Gasteiger partial charge in [0, 0.05) is 11.6 Å². The smallest absolute Gasteiger partial charge is 0.124 e. The quantitative estimate of drug-likeness (QED) is 0.856. The largest absolute Gasteiger partial charge is 0.494 e. The van der Waals surface area contributed by atoms with Gasteiger partial charge in [0.15, 0.2) is 0 Å². The van der Waals surface area contributed by atoms with Crippen molar-refractivity contribution in [2.75, 3.05) is 26.2 Å². The number of nitrogens with two attached hydrogens (primary N) is 1. The van der Waals surface area contributed by atoms with Crippen molar-refractivity contribution in [3.05, 3.63) is 29.3 Å². The Labute approximate surface area is 116 Å². The molecule has 1 aliphatic heterocycles. The van der Waals surface area contributed by atoms with E-state index in [1.165, 1.54) is 37.1 Å². The number of ether oxygens (including phenoxy) is 1. The van der Waals surface area contributed by atoms with E-state index in [0.29, 0.717) is 12.6 Å². The molecule has 1 aliphatic rings. The first kappa shape index (κ1) is 14.4. The summed E-state index contributed by atoms with van der Waals surface area (Å²) in [5.74, 6) is 1.03. The van der Waals surface area contributed by atoms with Gasteiger partial charge in [-0.15, -0.1) is 0 Å². The van der Waals surface area contributed by atoms with Gasteiger partial charge >= 0.3 is 0 Å². The van der Waals surface area contributed by atoms with E-state index in [1.54, 1.807) is 0 Å². The summed E-state index contributed by atoms with van der Waals surface area (Å²) in [7, 11) is 0. The second-order valence-electron chi connectivity index (χ2n) is 5.31. The highest BCUT2D eigenvalue weighted by atomic mass is 16.5. The van der Waals surface area contributed by atoms with E-state index in [4.69, 9.17) is 10.5 Å². The van der Waals surface area contributed by atoms with E-state index in [-0.39, 0.29) is 0 Å². The molecule has 1 atom stereocenters. The summed E-state index contributed by atoms with van der Waals surface area (Å²) >= 11 is 0. The predicted octanol–water partition coefficient (Wildman–Crippen LogP) is 2.88. The Morgan fingerprint density at radius 1 is 1.32 bits per heavy atom. The lowest BCUT2D eigenvalue weighted by Gasteiger charge is -2.29.